The molecule has 1 heterocycles. The van der Waals surface area contributed by atoms with Crippen molar-refractivity contribution in [2.45, 2.75) is 13.3 Å². The molecule has 0 aliphatic heterocycles. The van der Waals surface area contributed by atoms with Gasteiger partial charge in [-0.2, -0.15) is 5.26 Å². The highest BCUT2D eigenvalue weighted by atomic mass is 19.1. The average molecular weight is 238 g/mol. The molecule has 0 radical (unpaired) electrons. The van der Waals surface area contributed by atoms with Crippen LogP contribution in [0.2, 0.25) is 0 Å². The lowest BCUT2D eigenvalue weighted by Crippen LogP contribution is -2.19. The summed E-state index contributed by atoms with van der Waals surface area (Å²) in [6, 6.07) is 2.78. The first kappa shape index (κ1) is 12.9. The van der Waals surface area contributed by atoms with Gasteiger partial charge in [0.25, 0.3) is 5.56 Å². The molecular weight excluding hydrogens is 227 g/mol. The molecule has 0 aliphatic rings. The Morgan fingerprint density at radius 2 is 2.35 bits per heavy atom. The fourth-order valence-electron chi connectivity index (χ4n) is 1.33. The number of hydrogen-bond acceptors (Lipinski definition) is 4. The monoisotopic (exact) mass is 238 g/mol. The van der Waals surface area contributed by atoms with Gasteiger partial charge in [-0.1, -0.05) is 0 Å². The molecule has 0 saturated carbocycles. The van der Waals surface area contributed by atoms with E-state index in [2.05, 4.69) is 4.98 Å². The lowest BCUT2D eigenvalue weighted by atomic mass is 10.1. The molecule has 0 fully saturated rings. The third-order valence-corrected chi connectivity index (χ3v) is 2.08. The summed E-state index contributed by atoms with van der Waals surface area (Å²) in [5.74, 6) is -0.677. The van der Waals surface area contributed by atoms with Gasteiger partial charge in [0, 0.05) is 12.1 Å². The fourth-order valence-corrected chi connectivity index (χ4v) is 1.33. The SMILES string of the molecule is CCOC(=O)c1cc(C#N)c(=O)[nH]c1CCF. The van der Waals surface area contributed by atoms with E-state index in [1.54, 1.807) is 13.0 Å². The van der Waals surface area contributed by atoms with Gasteiger partial charge >= 0.3 is 5.97 Å². The Balaban J connectivity index is 3.29. The summed E-state index contributed by atoms with van der Waals surface area (Å²) in [6.45, 7) is 1.08. The van der Waals surface area contributed by atoms with Crippen LogP contribution in [0.3, 0.4) is 0 Å². The van der Waals surface area contributed by atoms with Crippen molar-refractivity contribution < 1.29 is 13.9 Å². The van der Waals surface area contributed by atoms with Gasteiger partial charge in [-0.3, -0.25) is 9.18 Å². The van der Waals surface area contributed by atoms with Gasteiger partial charge in [0.05, 0.1) is 18.8 Å². The topological polar surface area (TPSA) is 82.9 Å². The summed E-state index contributed by atoms with van der Waals surface area (Å²) in [6.07, 6.45) is -0.102. The predicted octanol–water partition coefficient (Wildman–Crippen LogP) is 0.935. The number of H-pyrrole nitrogens is 1. The molecule has 6 heteroatoms. The highest BCUT2D eigenvalue weighted by Crippen LogP contribution is 2.09. The number of ether oxygens (including phenoxy) is 1. The summed E-state index contributed by atoms with van der Waals surface area (Å²) in [5, 5.41) is 8.68. The molecule has 0 bridgehead atoms. The van der Waals surface area contributed by atoms with E-state index in [0.29, 0.717) is 0 Å². The van der Waals surface area contributed by atoms with Crippen molar-refractivity contribution in [1.82, 2.24) is 4.98 Å². The number of carbonyl (C=O) groups is 1. The number of aryl methyl sites for hydroxylation is 1. The second kappa shape index (κ2) is 5.80. The molecule has 90 valence electrons. The molecule has 1 N–H and O–H groups in total. The molecule has 0 unspecified atom stereocenters. The third kappa shape index (κ3) is 2.91. The zero-order chi connectivity index (χ0) is 12.8. The van der Waals surface area contributed by atoms with Crippen LogP contribution in [0.1, 0.15) is 28.5 Å². The maximum atomic E-state index is 12.3. The maximum absolute atomic E-state index is 12.3. The Bertz CT molecular complexity index is 516. The summed E-state index contributed by atoms with van der Waals surface area (Å²) in [4.78, 5) is 25.2. The number of rotatable bonds is 4. The number of carbonyl (C=O) groups excluding carboxylic acids is 1. The number of nitriles is 1. The first-order valence-electron chi connectivity index (χ1n) is 5.03. The average Bonchev–Trinajstić information content (AvgIpc) is 2.30. The van der Waals surface area contributed by atoms with Crippen LogP contribution in [0.15, 0.2) is 10.9 Å². The first-order valence-corrected chi connectivity index (χ1v) is 5.03. The van der Waals surface area contributed by atoms with E-state index in [-0.39, 0.29) is 29.8 Å². The maximum Gasteiger partial charge on any atom is 0.339 e. The van der Waals surface area contributed by atoms with E-state index in [4.69, 9.17) is 10.00 Å². The van der Waals surface area contributed by atoms with Crippen LogP contribution in [-0.4, -0.2) is 24.2 Å². The van der Waals surface area contributed by atoms with E-state index in [0.717, 1.165) is 6.07 Å². The second-order valence-corrected chi connectivity index (χ2v) is 3.18. The standard InChI is InChI=1S/C11H11FN2O3/c1-2-17-11(16)8-5-7(6-13)10(15)14-9(8)3-4-12/h5H,2-4H2,1H3,(H,14,15). The van der Waals surface area contributed by atoms with Crippen molar-refractivity contribution in [3.8, 4) is 6.07 Å². The summed E-state index contributed by atoms with van der Waals surface area (Å²) >= 11 is 0. The van der Waals surface area contributed by atoms with Crippen LogP contribution in [0, 0.1) is 11.3 Å². The smallest absolute Gasteiger partial charge is 0.339 e. The molecule has 0 aromatic carbocycles. The Labute approximate surface area is 96.8 Å². The Kier molecular flexibility index (Phi) is 4.40. The number of nitrogens with one attached hydrogen (secondary N) is 1. The number of hydrogen-bond donors (Lipinski definition) is 1. The van der Waals surface area contributed by atoms with Crippen molar-refractivity contribution in [3.05, 3.63) is 33.2 Å². The Hall–Kier alpha value is -2.16. The highest BCUT2D eigenvalue weighted by Gasteiger charge is 2.16. The van der Waals surface area contributed by atoms with E-state index in [9.17, 15) is 14.0 Å². The quantitative estimate of drug-likeness (QED) is 0.791. The molecule has 0 spiro atoms. The van der Waals surface area contributed by atoms with Gasteiger partial charge in [-0.05, 0) is 13.0 Å². The zero-order valence-electron chi connectivity index (χ0n) is 9.25. The van der Waals surface area contributed by atoms with Gasteiger partial charge in [-0.15, -0.1) is 0 Å². The van der Waals surface area contributed by atoms with Crippen LogP contribution in [0.4, 0.5) is 4.39 Å². The van der Waals surface area contributed by atoms with Crippen LogP contribution in [-0.2, 0) is 11.2 Å². The van der Waals surface area contributed by atoms with Gasteiger partial charge < -0.3 is 9.72 Å². The minimum atomic E-state index is -0.714. The molecular formula is C11H11FN2O3. The lowest BCUT2D eigenvalue weighted by Gasteiger charge is -2.07. The number of esters is 1. The number of aromatic nitrogens is 1. The van der Waals surface area contributed by atoms with Gasteiger partial charge in [-0.25, -0.2) is 4.79 Å². The molecule has 1 rings (SSSR count). The van der Waals surface area contributed by atoms with Gasteiger partial charge in [0.15, 0.2) is 0 Å². The normalized spacial score (nSPS) is 9.71. The number of alkyl halides is 1. The minimum Gasteiger partial charge on any atom is -0.462 e. The third-order valence-electron chi connectivity index (χ3n) is 2.08. The Morgan fingerprint density at radius 3 is 2.88 bits per heavy atom. The van der Waals surface area contributed by atoms with Crippen molar-refractivity contribution in [1.29, 1.82) is 5.26 Å². The largest absolute Gasteiger partial charge is 0.462 e. The molecule has 5 nitrogen and oxygen atoms in total. The molecule has 0 saturated heterocycles. The van der Waals surface area contributed by atoms with Crippen LogP contribution < -0.4 is 5.56 Å². The van der Waals surface area contributed by atoms with Gasteiger partial charge in [0.1, 0.15) is 11.6 Å². The zero-order valence-corrected chi connectivity index (χ0v) is 9.25. The van der Waals surface area contributed by atoms with Crippen molar-refractivity contribution >= 4 is 5.97 Å². The van der Waals surface area contributed by atoms with E-state index in [1.165, 1.54) is 0 Å². The number of halogens is 1. The van der Waals surface area contributed by atoms with Crippen molar-refractivity contribution in [2.24, 2.45) is 0 Å². The Morgan fingerprint density at radius 1 is 1.65 bits per heavy atom. The molecule has 17 heavy (non-hydrogen) atoms. The van der Waals surface area contributed by atoms with E-state index in [1.807, 2.05) is 0 Å². The highest BCUT2D eigenvalue weighted by molar-refractivity contribution is 5.91. The molecule has 0 aliphatic carbocycles. The summed E-state index contributed by atoms with van der Waals surface area (Å²) < 4.78 is 17.0. The molecule has 0 amide bonds. The number of aromatic amines is 1. The summed E-state index contributed by atoms with van der Waals surface area (Å²) in [5.41, 5.74) is -0.657. The van der Waals surface area contributed by atoms with Crippen LogP contribution in [0.5, 0.6) is 0 Å². The fraction of sp³-hybridized carbons (Fsp3) is 0.364. The number of pyridine rings is 1. The van der Waals surface area contributed by atoms with Gasteiger partial charge in [0.2, 0.25) is 0 Å². The van der Waals surface area contributed by atoms with Crippen molar-refractivity contribution in [3.63, 3.8) is 0 Å². The van der Waals surface area contributed by atoms with Crippen molar-refractivity contribution in [2.75, 3.05) is 13.3 Å². The number of nitrogens with zero attached hydrogens (tertiary/aromatic N) is 1. The van der Waals surface area contributed by atoms with E-state index < -0.39 is 18.2 Å². The van der Waals surface area contributed by atoms with Crippen LogP contribution >= 0.6 is 0 Å². The molecule has 1 aromatic heterocycles. The van der Waals surface area contributed by atoms with Crippen LogP contribution in [0.25, 0.3) is 0 Å². The lowest BCUT2D eigenvalue weighted by molar-refractivity contribution is 0.0524. The molecule has 0 atom stereocenters. The molecule has 1 aromatic rings. The first-order chi connectivity index (χ1) is 8.13. The van der Waals surface area contributed by atoms with E-state index >= 15 is 0 Å². The second-order valence-electron chi connectivity index (χ2n) is 3.18. The minimum absolute atomic E-state index is 0.0284. The predicted molar refractivity (Wildman–Crippen MR) is 57.4 cm³/mol. The summed E-state index contributed by atoms with van der Waals surface area (Å²) in [7, 11) is 0.